The smallest absolute Gasteiger partial charge is 0.330 e. The highest BCUT2D eigenvalue weighted by molar-refractivity contribution is 6.22. The number of aromatic amines is 1. The van der Waals surface area contributed by atoms with E-state index in [2.05, 4.69) is 4.98 Å². The molecule has 1 aliphatic heterocycles. The number of hydrogen-bond acceptors (Lipinski definition) is 8. The van der Waals surface area contributed by atoms with Gasteiger partial charge in [-0.1, -0.05) is 56.3 Å². The van der Waals surface area contributed by atoms with Crippen molar-refractivity contribution in [2.24, 2.45) is 5.92 Å². The largest absolute Gasteiger partial charge is 0.454 e. The number of nitrogens with two attached hydrogens (primary N) is 1. The van der Waals surface area contributed by atoms with Crippen LogP contribution in [-0.2, 0) is 20.9 Å². The number of anilines is 2. The highest BCUT2D eigenvalue weighted by Crippen LogP contribution is 2.25. The van der Waals surface area contributed by atoms with Crippen LogP contribution < -0.4 is 21.9 Å². The van der Waals surface area contributed by atoms with Crippen molar-refractivity contribution in [1.29, 1.82) is 0 Å². The van der Waals surface area contributed by atoms with Gasteiger partial charge in [-0.05, 0) is 30.5 Å². The summed E-state index contributed by atoms with van der Waals surface area (Å²) in [6.45, 7) is 4.22. The van der Waals surface area contributed by atoms with Crippen molar-refractivity contribution in [3.63, 3.8) is 0 Å². The first-order chi connectivity index (χ1) is 19.0. The summed E-state index contributed by atoms with van der Waals surface area (Å²) in [5.74, 6) is -3.40. The van der Waals surface area contributed by atoms with Crippen molar-refractivity contribution in [3.8, 4) is 0 Å². The summed E-state index contributed by atoms with van der Waals surface area (Å²) in [6, 6.07) is 13.8. The molecule has 208 valence electrons. The van der Waals surface area contributed by atoms with Crippen LogP contribution in [0.3, 0.4) is 0 Å². The van der Waals surface area contributed by atoms with Gasteiger partial charge in [-0.25, -0.2) is 9.59 Å². The molecule has 2 heterocycles. The predicted octanol–water partition coefficient (Wildman–Crippen LogP) is 1.38. The molecule has 0 bridgehead atoms. The first-order valence-corrected chi connectivity index (χ1v) is 12.6. The third-order valence-corrected chi connectivity index (χ3v) is 6.41. The molecule has 2 aromatic carbocycles. The predicted molar refractivity (Wildman–Crippen MR) is 146 cm³/mol. The standard InChI is InChI=1S/C28H29N5O7/c1-16(2)13-31(22-23(29)32(28(39)30-24(22)35)14-18-9-5-4-6-10-18)21(34)15-40-27(38)17(3)33-25(36)19-11-7-8-12-20(19)26(33)37/h4-12,16-17H,13-15,29H2,1-3H3,(H,30,35,39)/t17-/m0/s1. The van der Waals surface area contributed by atoms with Crippen LogP contribution in [0, 0.1) is 5.92 Å². The molecular weight excluding hydrogens is 518 g/mol. The first kappa shape index (κ1) is 28.0. The Bertz CT molecular complexity index is 1560. The average molecular weight is 548 g/mol. The zero-order valence-electron chi connectivity index (χ0n) is 22.2. The van der Waals surface area contributed by atoms with Crippen LogP contribution in [0.5, 0.6) is 0 Å². The number of imide groups is 1. The number of rotatable bonds is 9. The molecular formula is C28H29N5O7. The van der Waals surface area contributed by atoms with E-state index in [-0.39, 0.29) is 41.6 Å². The zero-order chi connectivity index (χ0) is 29.1. The van der Waals surface area contributed by atoms with Gasteiger partial charge in [0.2, 0.25) is 0 Å². The zero-order valence-corrected chi connectivity index (χ0v) is 22.2. The van der Waals surface area contributed by atoms with Gasteiger partial charge in [-0.2, -0.15) is 0 Å². The lowest BCUT2D eigenvalue weighted by molar-refractivity contribution is -0.151. The summed E-state index contributed by atoms with van der Waals surface area (Å²) >= 11 is 0. The number of aromatic nitrogens is 2. The molecule has 0 saturated carbocycles. The average Bonchev–Trinajstić information content (AvgIpc) is 3.18. The number of hydrogen-bond donors (Lipinski definition) is 2. The maximum Gasteiger partial charge on any atom is 0.330 e. The van der Waals surface area contributed by atoms with E-state index in [4.69, 9.17) is 10.5 Å². The second kappa shape index (κ2) is 11.4. The molecule has 3 N–H and O–H groups in total. The quantitative estimate of drug-likeness (QED) is 0.300. The maximum atomic E-state index is 13.3. The molecule has 3 aromatic rings. The van der Waals surface area contributed by atoms with E-state index < -0.39 is 47.6 Å². The molecule has 4 rings (SSSR count). The Morgan fingerprint density at radius 2 is 1.50 bits per heavy atom. The Hall–Kier alpha value is -5.00. The van der Waals surface area contributed by atoms with E-state index in [1.54, 1.807) is 50.2 Å². The number of nitrogens with one attached hydrogen (secondary N) is 1. The number of esters is 1. The van der Waals surface area contributed by atoms with Gasteiger partial charge in [-0.15, -0.1) is 0 Å². The summed E-state index contributed by atoms with van der Waals surface area (Å²) in [6.07, 6.45) is 0. The van der Waals surface area contributed by atoms with Gasteiger partial charge in [0.25, 0.3) is 23.3 Å². The summed E-state index contributed by atoms with van der Waals surface area (Å²) in [5.41, 5.74) is 5.49. The van der Waals surface area contributed by atoms with Crippen LogP contribution >= 0.6 is 0 Å². The molecule has 12 heteroatoms. The van der Waals surface area contributed by atoms with E-state index >= 15 is 0 Å². The Kier molecular flexibility index (Phi) is 7.98. The van der Waals surface area contributed by atoms with Gasteiger partial charge in [0.05, 0.1) is 17.7 Å². The SMILES string of the molecule is CC(C)CN(C(=O)COC(=O)[C@H](C)N1C(=O)c2ccccc2C1=O)c1c(N)n(Cc2ccccc2)c(=O)[nH]c1=O. The lowest BCUT2D eigenvalue weighted by Gasteiger charge is -2.26. The Labute approximate surface area is 229 Å². The van der Waals surface area contributed by atoms with Gasteiger partial charge in [-0.3, -0.25) is 33.6 Å². The van der Waals surface area contributed by atoms with Crippen molar-refractivity contribution < 1.29 is 23.9 Å². The molecule has 0 saturated heterocycles. The molecule has 0 aliphatic carbocycles. The number of nitrogen functional groups attached to an aromatic ring is 1. The van der Waals surface area contributed by atoms with Gasteiger partial charge in [0.15, 0.2) is 12.3 Å². The lowest BCUT2D eigenvalue weighted by Crippen LogP contribution is -2.46. The normalized spacial score (nSPS) is 13.3. The van der Waals surface area contributed by atoms with Crippen LogP contribution in [0.25, 0.3) is 0 Å². The first-order valence-electron chi connectivity index (χ1n) is 12.6. The van der Waals surface area contributed by atoms with Crippen LogP contribution in [0.15, 0.2) is 64.2 Å². The van der Waals surface area contributed by atoms with E-state index in [0.29, 0.717) is 0 Å². The van der Waals surface area contributed by atoms with Gasteiger partial charge >= 0.3 is 11.7 Å². The Morgan fingerprint density at radius 3 is 2.08 bits per heavy atom. The molecule has 40 heavy (non-hydrogen) atoms. The number of amides is 3. The highest BCUT2D eigenvalue weighted by atomic mass is 16.5. The second-order valence-corrected chi connectivity index (χ2v) is 9.77. The number of ether oxygens (including phenoxy) is 1. The lowest BCUT2D eigenvalue weighted by atomic mass is 10.1. The molecule has 1 atom stereocenters. The van der Waals surface area contributed by atoms with Gasteiger partial charge in [0.1, 0.15) is 11.9 Å². The van der Waals surface area contributed by atoms with E-state index in [1.165, 1.54) is 19.1 Å². The number of carbonyl (C=O) groups excluding carboxylic acids is 4. The third kappa shape index (κ3) is 5.41. The monoisotopic (exact) mass is 547 g/mol. The number of H-pyrrole nitrogens is 1. The molecule has 1 aliphatic rings. The van der Waals surface area contributed by atoms with Crippen molar-refractivity contribution in [1.82, 2.24) is 14.5 Å². The van der Waals surface area contributed by atoms with Crippen molar-refractivity contribution in [3.05, 3.63) is 92.1 Å². The summed E-state index contributed by atoms with van der Waals surface area (Å²) < 4.78 is 6.33. The summed E-state index contributed by atoms with van der Waals surface area (Å²) in [4.78, 5) is 81.0. The summed E-state index contributed by atoms with van der Waals surface area (Å²) in [7, 11) is 0. The Balaban J connectivity index is 1.55. The topological polar surface area (TPSA) is 165 Å². The molecule has 3 amide bonds. The van der Waals surface area contributed by atoms with Crippen LogP contribution in [-0.4, -0.2) is 57.3 Å². The fraction of sp³-hybridized carbons (Fsp3) is 0.286. The molecule has 0 spiro atoms. The molecule has 0 radical (unpaired) electrons. The minimum absolute atomic E-state index is 0.0289. The fourth-order valence-electron chi connectivity index (χ4n) is 4.44. The molecule has 12 nitrogen and oxygen atoms in total. The summed E-state index contributed by atoms with van der Waals surface area (Å²) in [5, 5.41) is 0. The fourth-order valence-corrected chi connectivity index (χ4v) is 4.44. The molecule has 0 unspecified atom stereocenters. The van der Waals surface area contributed by atoms with E-state index in [9.17, 15) is 28.8 Å². The minimum Gasteiger partial charge on any atom is -0.454 e. The van der Waals surface area contributed by atoms with Crippen molar-refractivity contribution >= 4 is 35.2 Å². The molecule has 0 fully saturated rings. The number of nitrogens with zero attached hydrogens (tertiary/aromatic N) is 3. The van der Waals surface area contributed by atoms with E-state index in [1.807, 2.05) is 6.07 Å². The highest BCUT2D eigenvalue weighted by Gasteiger charge is 2.41. The number of benzene rings is 2. The van der Waals surface area contributed by atoms with Crippen LogP contribution in [0.4, 0.5) is 11.5 Å². The number of carbonyl (C=O) groups is 4. The van der Waals surface area contributed by atoms with Crippen molar-refractivity contribution in [2.75, 3.05) is 23.8 Å². The molecule has 1 aromatic heterocycles. The van der Waals surface area contributed by atoms with Crippen molar-refractivity contribution in [2.45, 2.75) is 33.4 Å². The van der Waals surface area contributed by atoms with E-state index in [0.717, 1.165) is 19.9 Å². The second-order valence-electron chi connectivity index (χ2n) is 9.77. The minimum atomic E-state index is -1.31. The number of fused-ring (bicyclic) bond motifs is 1. The van der Waals surface area contributed by atoms with Crippen LogP contribution in [0.2, 0.25) is 0 Å². The third-order valence-electron chi connectivity index (χ3n) is 6.41. The maximum absolute atomic E-state index is 13.3. The van der Waals surface area contributed by atoms with Crippen LogP contribution in [0.1, 0.15) is 47.1 Å². The van der Waals surface area contributed by atoms with Gasteiger partial charge in [0, 0.05) is 6.54 Å². The van der Waals surface area contributed by atoms with Gasteiger partial charge < -0.3 is 15.4 Å². The Morgan fingerprint density at radius 1 is 0.925 bits per heavy atom.